The van der Waals surface area contributed by atoms with Crippen molar-refractivity contribution in [2.45, 2.75) is 49.5 Å². The highest BCUT2D eigenvalue weighted by Gasteiger charge is 2.42. The predicted octanol–water partition coefficient (Wildman–Crippen LogP) is 1.49. The van der Waals surface area contributed by atoms with Crippen LogP contribution in [0.25, 0.3) is 11.4 Å². The lowest BCUT2D eigenvalue weighted by molar-refractivity contribution is -0.0724. The second kappa shape index (κ2) is 6.98. The molecule has 1 unspecified atom stereocenters. The second-order valence-corrected chi connectivity index (χ2v) is 8.22. The van der Waals surface area contributed by atoms with E-state index in [1.165, 1.54) is 19.3 Å². The minimum Gasteiger partial charge on any atom is -0.392 e. The van der Waals surface area contributed by atoms with E-state index >= 15 is 0 Å². The van der Waals surface area contributed by atoms with Crippen molar-refractivity contribution in [3.05, 3.63) is 36.2 Å². The summed E-state index contributed by atoms with van der Waals surface area (Å²) in [4.78, 5) is 6.99. The number of nitrogens with zero attached hydrogens (tertiary/aromatic N) is 3. The SMILES string of the molecule is O[C@@H]1C[C@@H](c2nc(-c3ccccc3)n[nH]2)N(CC2CNC3(CCC3)CO2)C1. The van der Waals surface area contributed by atoms with Gasteiger partial charge < -0.3 is 15.2 Å². The second-order valence-electron chi connectivity index (χ2n) is 8.22. The van der Waals surface area contributed by atoms with Gasteiger partial charge in [-0.15, -0.1) is 0 Å². The van der Waals surface area contributed by atoms with Crippen molar-refractivity contribution in [2.24, 2.45) is 0 Å². The van der Waals surface area contributed by atoms with Crippen LogP contribution >= 0.6 is 0 Å². The average Bonchev–Trinajstić information content (AvgIpc) is 3.29. The fraction of sp³-hybridized carbons (Fsp3) is 0.600. The quantitative estimate of drug-likeness (QED) is 0.757. The molecule has 1 spiro atoms. The Morgan fingerprint density at radius 1 is 1.26 bits per heavy atom. The number of hydrogen-bond acceptors (Lipinski definition) is 6. The van der Waals surface area contributed by atoms with E-state index in [4.69, 9.17) is 9.72 Å². The van der Waals surface area contributed by atoms with E-state index in [9.17, 15) is 5.11 Å². The van der Waals surface area contributed by atoms with Crippen LogP contribution < -0.4 is 5.32 Å². The van der Waals surface area contributed by atoms with Crippen LogP contribution in [0.1, 0.15) is 37.5 Å². The van der Waals surface area contributed by atoms with E-state index in [0.717, 1.165) is 31.1 Å². The van der Waals surface area contributed by atoms with Gasteiger partial charge in [0.1, 0.15) is 5.82 Å². The van der Waals surface area contributed by atoms with Gasteiger partial charge >= 0.3 is 0 Å². The van der Waals surface area contributed by atoms with Crippen LogP contribution in [0, 0.1) is 0 Å². The van der Waals surface area contributed by atoms with Gasteiger partial charge in [0.05, 0.1) is 24.9 Å². The third kappa shape index (κ3) is 3.40. The maximum absolute atomic E-state index is 10.3. The van der Waals surface area contributed by atoms with Crippen molar-refractivity contribution in [3.8, 4) is 11.4 Å². The number of nitrogens with one attached hydrogen (secondary N) is 2. The summed E-state index contributed by atoms with van der Waals surface area (Å²) in [5, 5.41) is 21.4. The molecule has 2 saturated heterocycles. The molecule has 7 nitrogen and oxygen atoms in total. The Morgan fingerprint density at radius 2 is 2.11 bits per heavy atom. The number of morpholine rings is 1. The van der Waals surface area contributed by atoms with Gasteiger partial charge in [-0.25, -0.2) is 4.98 Å². The van der Waals surface area contributed by atoms with Crippen LogP contribution in [0.4, 0.5) is 0 Å². The van der Waals surface area contributed by atoms with E-state index in [2.05, 4.69) is 20.4 Å². The van der Waals surface area contributed by atoms with Crippen LogP contribution in [0.15, 0.2) is 30.3 Å². The molecule has 1 aromatic heterocycles. The zero-order chi connectivity index (χ0) is 18.3. The van der Waals surface area contributed by atoms with E-state index in [1.807, 2.05) is 30.3 Å². The monoisotopic (exact) mass is 369 g/mol. The minimum absolute atomic E-state index is 0.0492. The molecule has 1 aliphatic carbocycles. The molecule has 3 N–H and O–H groups in total. The van der Waals surface area contributed by atoms with Gasteiger partial charge in [0.15, 0.2) is 5.82 Å². The first kappa shape index (κ1) is 17.3. The molecule has 7 heteroatoms. The Hall–Kier alpha value is -1.80. The van der Waals surface area contributed by atoms with Gasteiger partial charge in [0.2, 0.25) is 0 Å². The van der Waals surface area contributed by atoms with E-state index in [0.29, 0.717) is 18.8 Å². The van der Waals surface area contributed by atoms with Crippen molar-refractivity contribution < 1.29 is 9.84 Å². The Balaban J connectivity index is 1.27. The molecule has 144 valence electrons. The Morgan fingerprint density at radius 3 is 2.81 bits per heavy atom. The molecule has 3 aliphatic rings. The number of β-amino-alcohol motifs (C(OH)–C–C–N with tert-alkyl or cyclic N) is 1. The highest BCUT2D eigenvalue weighted by molar-refractivity contribution is 5.53. The lowest BCUT2D eigenvalue weighted by atomic mass is 9.76. The number of hydrogen-bond donors (Lipinski definition) is 3. The Labute approximate surface area is 159 Å². The van der Waals surface area contributed by atoms with E-state index in [-0.39, 0.29) is 23.8 Å². The van der Waals surface area contributed by atoms with Gasteiger partial charge in [-0.3, -0.25) is 10.00 Å². The predicted molar refractivity (Wildman–Crippen MR) is 101 cm³/mol. The number of ether oxygens (including phenoxy) is 1. The van der Waals surface area contributed by atoms with Crippen molar-refractivity contribution in [2.75, 3.05) is 26.2 Å². The molecule has 1 saturated carbocycles. The molecule has 0 radical (unpaired) electrons. The van der Waals surface area contributed by atoms with E-state index < -0.39 is 0 Å². The van der Waals surface area contributed by atoms with Gasteiger partial charge in [-0.2, -0.15) is 5.10 Å². The van der Waals surface area contributed by atoms with Gasteiger partial charge in [-0.1, -0.05) is 30.3 Å². The molecule has 3 fully saturated rings. The van der Waals surface area contributed by atoms with Crippen LogP contribution in [-0.4, -0.2) is 69.2 Å². The minimum atomic E-state index is -0.338. The molecule has 3 heterocycles. The first-order valence-corrected chi connectivity index (χ1v) is 9.97. The van der Waals surface area contributed by atoms with Crippen LogP contribution in [0.2, 0.25) is 0 Å². The number of aromatic amines is 1. The number of likely N-dealkylation sites (tertiary alicyclic amines) is 1. The number of aliphatic hydroxyl groups excluding tert-OH is 1. The van der Waals surface area contributed by atoms with Crippen LogP contribution in [0.5, 0.6) is 0 Å². The molecular formula is C20H27N5O2. The summed E-state index contributed by atoms with van der Waals surface area (Å²) in [6.45, 7) is 3.13. The molecule has 0 bridgehead atoms. The topological polar surface area (TPSA) is 86.3 Å². The van der Waals surface area contributed by atoms with Crippen molar-refractivity contribution in [3.63, 3.8) is 0 Å². The maximum Gasteiger partial charge on any atom is 0.181 e. The number of aromatic nitrogens is 3. The fourth-order valence-corrected chi connectivity index (χ4v) is 4.53. The summed E-state index contributed by atoms with van der Waals surface area (Å²) >= 11 is 0. The standard InChI is InChI=1S/C20H27N5O2/c26-15-9-17(19-22-18(23-24-19)14-5-2-1-3-6-14)25(11-15)12-16-10-21-20(13-27-16)7-4-8-20/h1-3,5-6,15-17,21,26H,4,7-13H2,(H,22,23,24)/t15-,16?,17+/m1/s1. The third-order valence-electron chi connectivity index (χ3n) is 6.28. The van der Waals surface area contributed by atoms with Crippen molar-refractivity contribution >= 4 is 0 Å². The highest BCUT2D eigenvalue weighted by atomic mass is 16.5. The van der Waals surface area contributed by atoms with Gasteiger partial charge in [0, 0.05) is 30.7 Å². The molecule has 2 aromatic rings. The number of H-pyrrole nitrogens is 1. The first-order valence-electron chi connectivity index (χ1n) is 9.97. The molecule has 2 aliphatic heterocycles. The summed E-state index contributed by atoms with van der Waals surface area (Å²) < 4.78 is 6.16. The Kier molecular flexibility index (Phi) is 4.47. The zero-order valence-electron chi connectivity index (χ0n) is 15.5. The van der Waals surface area contributed by atoms with Crippen molar-refractivity contribution in [1.82, 2.24) is 25.4 Å². The normalized spacial score (nSPS) is 30.5. The summed E-state index contributed by atoms with van der Waals surface area (Å²) in [6, 6.07) is 10.0. The van der Waals surface area contributed by atoms with Crippen molar-refractivity contribution in [1.29, 1.82) is 0 Å². The summed E-state index contributed by atoms with van der Waals surface area (Å²) in [5.41, 5.74) is 1.24. The molecular weight excluding hydrogens is 342 g/mol. The maximum atomic E-state index is 10.3. The van der Waals surface area contributed by atoms with Crippen LogP contribution in [0.3, 0.4) is 0 Å². The first-order chi connectivity index (χ1) is 13.2. The highest BCUT2D eigenvalue weighted by Crippen LogP contribution is 2.35. The molecule has 1 aromatic carbocycles. The molecule has 5 rings (SSSR count). The zero-order valence-corrected chi connectivity index (χ0v) is 15.5. The molecule has 0 amide bonds. The summed E-state index contributed by atoms with van der Waals surface area (Å²) in [5.74, 6) is 1.53. The number of benzene rings is 1. The molecule has 3 atom stereocenters. The Bertz CT molecular complexity index is 766. The lowest BCUT2D eigenvalue weighted by Crippen LogP contribution is -2.62. The third-order valence-corrected chi connectivity index (χ3v) is 6.28. The van der Waals surface area contributed by atoms with Crippen LogP contribution in [-0.2, 0) is 4.74 Å². The summed E-state index contributed by atoms with van der Waals surface area (Å²) in [6.07, 6.45) is 4.25. The fourth-order valence-electron chi connectivity index (χ4n) is 4.53. The smallest absolute Gasteiger partial charge is 0.181 e. The van der Waals surface area contributed by atoms with Gasteiger partial charge in [-0.05, 0) is 25.7 Å². The molecule has 27 heavy (non-hydrogen) atoms. The summed E-state index contributed by atoms with van der Waals surface area (Å²) in [7, 11) is 0. The number of aliphatic hydroxyl groups is 1. The van der Waals surface area contributed by atoms with E-state index in [1.54, 1.807) is 0 Å². The van der Waals surface area contributed by atoms with Gasteiger partial charge in [0.25, 0.3) is 0 Å². The number of rotatable bonds is 4. The largest absolute Gasteiger partial charge is 0.392 e. The lowest BCUT2D eigenvalue weighted by Gasteiger charge is -2.48. The average molecular weight is 369 g/mol.